The molecule has 2 unspecified atom stereocenters. The Hall–Kier alpha value is -1.14. The zero-order chi connectivity index (χ0) is 13.0. The van der Waals surface area contributed by atoms with Crippen molar-refractivity contribution >= 4 is 6.01 Å². The second-order valence-corrected chi connectivity index (χ2v) is 4.79. The number of nitrogens with one attached hydrogen (secondary N) is 1. The first-order valence-electron chi connectivity index (χ1n) is 6.64. The van der Waals surface area contributed by atoms with Crippen LogP contribution in [0.25, 0.3) is 0 Å². The smallest absolute Gasteiger partial charge is 0.318 e. The van der Waals surface area contributed by atoms with Crippen LogP contribution in [0.3, 0.4) is 0 Å². The predicted octanol–water partition coefficient (Wildman–Crippen LogP) is 1.09. The Kier molecular flexibility index (Phi) is 4.54. The minimum atomic E-state index is 0.0738. The van der Waals surface area contributed by atoms with Gasteiger partial charge in [0.2, 0.25) is 5.89 Å². The molecule has 6 heteroatoms. The molecule has 1 aromatic heterocycles. The van der Waals surface area contributed by atoms with Crippen molar-refractivity contribution < 1.29 is 9.52 Å². The number of aliphatic hydroxyl groups excluding tert-OH is 1. The Bertz CT molecular complexity index is 369. The summed E-state index contributed by atoms with van der Waals surface area (Å²) in [6.45, 7) is 3.20. The molecule has 1 saturated heterocycles. The van der Waals surface area contributed by atoms with Gasteiger partial charge in [-0.2, -0.15) is 0 Å². The Balaban J connectivity index is 2.03. The van der Waals surface area contributed by atoms with Crippen LogP contribution in [0.2, 0.25) is 0 Å². The summed E-state index contributed by atoms with van der Waals surface area (Å²) in [5.41, 5.74) is 0. The van der Waals surface area contributed by atoms with Crippen LogP contribution in [0.15, 0.2) is 4.42 Å². The number of anilines is 1. The molecule has 1 aromatic rings. The van der Waals surface area contributed by atoms with Crippen LogP contribution in [-0.2, 0) is 0 Å². The molecule has 0 spiro atoms. The Morgan fingerprint density at radius 2 is 2.39 bits per heavy atom. The number of hydrogen-bond donors (Lipinski definition) is 2. The third-order valence-electron chi connectivity index (χ3n) is 3.55. The first-order valence-corrected chi connectivity index (χ1v) is 6.64. The van der Waals surface area contributed by atoms with E-state index in [-0.39, 0.29) is 12.6 Å². The third-order valence-corrected chi connectivity index (χ3v) is 3.55. The molecule has 6 nitrogen and oxygen atoms in total. The van der Waals surface area contributed by atoms with E-state index >= 15 is 0 Å². The van der Waals surface area contributed by atoms with Crippen molar-refractivity contribution in [1.82, 2.24) is 15.5 Å². The van der Waals surface area contributed by atoms with Gasteiger partial charge in [-0.05, 0) is 39.7 Å². The van der Waals surface area contributed by atoms with Crippen molar-refractivity contribution in [3.63, 3.8) is 0 Å². The topological polar surface area (TPSA) is 74.4 Å². The highest BCUT2D eigenvalue weighted by molar-refractivity contribution is 5.28. The summed E-state index contributed by atoms with van der Waals surface area (Å²) in [5, 5.41) is 20.2. The molecule has 2 N–H and O–H groups in total. The molecule has 2 heterocycles. The van der Waals surface area contributed by atoms with Crippen molar-refractivity contribution in [2.75, 3.05) is 25.1 Å². The molecular formula is C12H22N4O2. The van der Waals surface area contributed by atoms with Crippen LogP contribution in [0.5, 0.6) is 0 Å². The zero-order valence-electron chi connectivity index (χ0n) is 11.1. The van der Waals surface area contributed by atoms with E-state index < -0.39 is 0 Å². The van der Waals surface area contributed by atoms with E-state index in [0.29, 0.717) is 17.9 Å². The van der Waals surface area contributed by atoms with E-state index in [2.05, 4.69) is 20.4 Å². The van der Waals surface area contributed by atoms with Crippen molar-refractivity contribution in [3.05, 3.63) is 5.89 Å². The fourth-order valence-corrected chi connectivity index (χ4v) is 2.36. The third kappa shape index (κ3) is 2.81. The summed E-state index contributed by atoms with van der Waals surface area (Å²) in [4.78, 5) is 2.18. The minimum absolute atomic E-state index is 0.0738. The molecule has 0 aromatic carbocycles. The highest BCUT2D eigenvalue weighted by Crippen LogP contribution is 2.27. The molecule has 2 rings (SSSR count). The summed E-state index contributed by atoms with van der Waals surface area (Å²) >= 11 is 0. The normalized spacial score (nSPS) is 21.5. The summed E-state index contributed by atoms with van der Waals surface area (Å²) in [6, 6.07) is 1.12. The molecule has 0 radical (unpaired) electrons. The van der Waals surface area contributed by atoms with Gasteiger partial charge in [0.05, 0.1) is 6.04 Å². The maximum atomic E-state index is 8.91. The molecule has 18 heavy (non-hydrogen) atoms. The minimum Gasteiger partial charge on any atom is -0.406 e. The van der Waals surface area contributed by atoms with Gasteiger partial charge in [0.25, 0.3) is 0 Å². The second kappa shape index (κ2) is 6.15. The summed E-state index contributed by atoms with van der Waals surface area (Å²) < 4.78 is 5.71. The van der Waals surface area contributed by atoms with Gasteiger partial charge in [0.15, 0.2) is 0 Å². The second-order valence-electron chi connectivity index (χ2n) is 4.79. The lowest BCUT2D eigenvalue weighted by molar-refractivity contribution is 0.278. The van der Waals surface area contributed by atoms with E-state index in [4.69, 9.17) is 9.52 Å². The fourth-order valence-electron chi connectivity index (χ4n) is 2.36. The SMILES string of the molecule is CNC(C)c1nnc(N2CCCC2CCCO)o1. The number of hydrogen-bond acceptors (Lipinski definition) is 6. The van der Waals surface area contributed by atoms with Gasteiger partial charge in [-0.25, -0.2) is 0 Å². The molecule has 0 saturated carbocycles. The number of nitrogens with zero attached hydrogens (tertiary/aromatic N) is 3. The highest BCUT2D eigenvalue weighted by Gasteiger charge is 2.28. The van der Waals surface area contributed by atoms with Crippen LogP contribution in [0.4, 0.5) is 6.01 Å². The molecule has 1 fully saturated rings. The number of aliphatic hydroxyl groups is 1. The maximum Gasteiger partial charge on any atom is 0.318 e. The molecular weight excluding hydrogens is 232 g/mol. The standard InChI is InChI=1S/C12H22N4O2/c1-9(13-2)11-14-15-12(18-11)16-7-3-5-10(16)6-4-8-17/h9-10,13,17H,3-8H2,1-2H3. The molecule has 1 aliphatic rings. The van der Waals surface area contributed by atoms with Crippen LogP contribution in [0, 0.1) is 0 Å². The molecule has 0 aliphatic carbocycles. The quantitative estimate of drug-likeness (QED) is 0.791. The van der Waals surface area contributed by atoms with Crippen LogP contribution < -0.4 is 10.2 Å². The fraction of sp³-hybridized carbons (Fsp3) is 0.833. The van der Waals surface area contributed by atoms with Gasteiger partial charge in [-0.15, -0.1) is 5.10 Å². The summed E-state index contributed by atoms with van der Waals surface area (Å²) in [5.74, 6) is 0.625. The van der Waals surface area contributed by atoms with Crippen LogP contribution >= 0.6 is 0 Å². The van der Waals surface area contributed by atoms with Crippen LogP contribution in [-0.4, -0.2) is 41.5 Å². The van der Waals surface area contributed by atoms with E-state index in [1.807, 2.05) is 14.0 Å². The molecule has 0 bridgehead atoms. The van der Waals surface area contributed by atoms with Gasteiger partial charge in [-0.1, -0.05) is 5.10 Å². The lowest BCUT2D eigenvalue weighted by Crippen LogP contribution is -2.29. The Morgan fingerprint density at radius 3 is 3.11 bits per heavy atom. The van der Waals surface area contributed by atoms with Gasteiger partial charge in [0, 0.05) is 19.2 Å². The average molecular weight is 254 g/mol. The van der Waals surface area contributed by atoms with E-state index in [1.54, 1.807) is 0 Å². The largest absolute Gasteiger partial charge is 0.406 e. The lowest BCUT2D eigenvalue weighted by atomic mass is 10.1. The first kappa shape index (κ1) is 13.3. The van der Waals surface area contributed by atoms with Gasteiger partial charge >= 0.3 is 6.01 Å². The van der Waals surface area contributed by atoms with Crippen molar-refractivity contribution in [2.24, 2.45) is 0 Å². The van der Waals surface area contributed by atoms with E-state index in [1.165, 1.54) is 0 Å². The van der Waals surface area contributed by atoms with Gasteiger partial charge in [0.1, 0.15) is 0 Å². The number of rotatable bonds is 6. The monoisotopic (exact) mass is 254 g/mol. The molecule has 102 valence electrons. The Labute approximate surface area is 107 Å². The van der Waals surface area contributed by atoms with Crippen LogP contribution in [0.1, 0.15) is 44.5 Å². The zero-order valence-corrected chi connectivity index (χ0v) is 11.1. The van der Waals surface area contributed by atoms with Crippen molar-refractivity contribution in [3.8, 4) is 0 Å². The molecule has 0 amide bonds. The van der Waals surface area contributed by atoms with Crippen molar-refractivity contribution in [1.29, 1.82) is 0 Å². The average Bonchev–Trinajstić information content (AvgIpc) is 3.03. The van der Waals surface area contributed by atoms with E-state index in [9.17, 15) is 0 Å². The summed E-state index contributed by atoms with van der Waals surface area (Å²) in [7, 11) is 1.87. The maximum absolute atomic E-state index is 8.91. The first-order chi connectivity index (χ1) is 8.76. The number of aromatic nitrogens is 2. The van der Waals surface area contributed by atoms with E-state index in [0.717, 1.165) is 32.2 Å². The summed E-state index contributed by atoms with van der Waals surface area (Å²) in [6.07, 6.45) is 4.10. The van der Waals surface area contributed by atoms with Gasteiger partial charge in [-0.3, -0.25) is 0 Å². The van der Waals surface area contributed by atoms with Crippen molar-refractivity contribution in [2.45, 2.75) is 44.7 Å². The Morgan fingerprint density at radius 1 is 1.56 bits per heavy atom. The predicted molar refractivity (Wildman–Crippen MR) is 68.5 cm³/mol. The van der Waals surface area contributed by atoms with Gasteiger partial charge < -0.3 is 19.7 Å². The highest BCUT2D eigenvalue weighted by atomic mass is 16.4. The lowest BCUT2D eigenvalue weighted by Gasteiger charge is -2.21. The molecule has 1 aliphatic heterocycles. The molecule has 2 atom stereocenters.